The van der Waals surface area contributed by atoms with Crippen LogP contribution in [0, 0.1) is 10.1 Å². The molecule has 7 heteroatoms. The smallest absolute Gasteiger partial charge is 0.271 e. The fraction of sp³-hybridized carbons (Fsp3) is 0.333. The molecule has 1 N–H and O–H groups in total. The standard InChI is InChI=1S/C12H14N4O3/c1-8(2)12-11(7-17)13-14-15(12)9-4-3-5-10(6-9)16(18)19/h3-6,8,17H,7H2,1-2H3. The van der Waals surface area contributed by atoms with Gasteiger partial charge in [-0.05, 0) is 12.0 Å². The van der Waals surface area contributed by atoms with Gasteiger partial charge >= 0.3 is 0 Å². The first-order valence-corrected chi connectivity index (χ1v) is 5.84. The van der Waals surface area contributed by atoms with Gasteiger partial charge in [0.1, 0.15) is 5.69 Å². The normalized spacial score (nSPS) is 10.9. The van der Waals surface area contributed by atoms with Gasteiger partial charge in [-0.15, -0.1) is 5.10 Å². The second kappa shape index (κ2) is 5.15. The number of benzene rings is 1. The molecule has 0 aliphatic heterocycles. The van der Waals surface area contributed by atoms with Gasteiger partial charge in [0.05, 0.1) is 22.9 Å². The van der Waals surface area contributed by atoms with Crippen molar-refractivity contribution in [1.29, 1.82) is 0 Å². The van der Waals surface area contributed by atoms with E-state index in [0.29, 0.717) is 11.4 Å². The van der Waals surface area contributed by atoms with Gasteiger partial charge < -0.3 is 5.11 Å². The molecule has 0 fully saturated rings. The van der Waals surface area contributed by atoms with Crippen molar-refractivity contribution in [2.45, 2.75) is 26.4 Å². The van der Waals surface area contributed by atoms with Crippen molar-refractivity contribution in [3.63, 3.8) is 0 Å². The van der Waals surface area contributed by atoms with Crippen molar-refractivity contribution in [2.24, 2.45) is 0 Å². The SMILES string of the molecule is CC(C)c1c(CO)nnn1-c1cccc([N+](=O)[O-])c1. The van der Waals surface area contributed by atoms with Crippen LogP contribution in [-0.4, -0.2) is 25.0 Å². The molecule has 100 valence electrons. The van der Waals surface area contributed by atoms with Crippen molar-refractivity contribution < 1.29 is 10.0 Å². The summed E-state index contributed by atoms with van der Waals surface area (Å²) >= 11 is 0. The first-order chi connectivity index (χ1) is 9.04. The van der Waals surface area contributed by atoms with Crippen LogP contribution in [0.2, 0.25) is 0 Å². The third kappa shape index (κ3) is 2.45. The average Bonchev–Trinajstić information content (AvgIpc) is 2.82. The number of aromatic nitrogens is 3. The Balaban J connectivity index is 2.55. The summed E-state index contributed by atoms with van der Waals surface area (Å²) in [7, 11) is 0. The Hall–Kier alpha value is -2.28. The van der Waals surface area contributed by atoms with E-state index < -0.39 is 4.92 Å². The van der Waals surface area contributed by atoms with Crippen LogP contribution in [0.4, 0.5) is 5.69 Å². The molecule has 2 aromatic rings. The van der Waals surface area contributed by atoms with E-state index in [9.17, 15) is 15.2 Å². The molecule has 7 nitrogen and oxygen atoms in total. The highest BCUT2D eigenvalue weighted by molar-refractivity contribution is 5.44. The molecule has 0 bridgehead atoms. The van der Waals surface area contributed by atoms with E-state index in [4.69, 9.17) is 0 Å². The van der Waals surface area contributed by atoms with Crippen molar-refractivity contribution in [1.82, 2.24) is 15.0 Å². The first kappa shape index (κ1) is 13.2. The monoisotopic (exact) mass is 262 g/mol. The van der Waals surface area contributed by atoms with Gasteiger partial charge in [-0.1, -0.05) is 25.1 Å². The zero-order chi connectivity index (χ0) is 14.0. The fourth-order valence-electron chi connectivity index (χ4n) is 1.94. The minimum absolute atomic E-state index is 0.00625. The van der Waals surface area contributed by atoms with E-state index in [2.05, 4.69) is 10.3 Å². The number of aliphatic hydroxyl groups excluding tert-OH is 1. The fourth-order valence-corrected chi connectivity index (χ4v) is 1.94. The molecule has 19 heavy (non-hydrogen) atoms. The minimum atomic E-state index is -0.456. The van der Waals surface area contributed by atoms with Crippen LogP contribution in [0.25, 0.3) is 5.69 Å². The first-order valence-electron chi connectivity index (χ1n) is 5.84. The molecule has 0 saturated heterocycles. The van der Waals surface area contributed by atoms with E-state index in [1.807, 2.05) is 13.8 Å². The molecule has 0 aliphatic rings. The Kier molecular flexibility index (Phi) is 3.57. The van der Waals surface area contributed by atoms with Crippen LogP contribution in [0.15, 0.2) is 24.3 Å². The van der Waals surface area contributed by atoms with Gasteiger partial charge in [0.15, 0.2) is 0 Å². The van der Waals surface area contributed by atoms with Crippen LogP contribution in [0.3, 0.4) is 0 Å². The summed E-state index contributed by atoms with van der Waals surface area (Å²) in [4.78, 5) is 10.3. The number of aliphatic hydroxyl groups is 1. The maximum absolute atomic E-state index is 10.8. The van der Waals surface area contributed by atoms with Gasteiger partial charge in [0.25, 0.3) is 5.69 Å². The summed E-state index contributed by atoms with van der Waals surface area (Å²) in [6.45, 7) is 3.69. The quantitative estimate of drug-likeness (QED) is 0.669. The molecular weight excluding hydrogens is 248 g/mol. The Labute approximate surface area is 109 Å². The van der Waals surface area contributed by atoms with Crippen LogP contribution in [0.1, 0.15) is 31.2 Å². The third-order valence-electron chi connectivity index (χ3n) is 2.76. The average molecular weight is 262 g/mol. The molecular formula is C12H14N4O3. The molecule has 1 aromatic heterocycles. The summed E-state index contributed by atoms with van der Waals surface area (Å²) < 4.78 is 1.53. The number of nitrogens with zero attached hydrogens (tertiary/aromatic N) is 4. The van der Waals surface area contributed by atoms with Crippen LogP contribution < -0.4 is 0 Å². The molecule has 0 spiro atoms. The van der Waals surface area contributed by atoms with Crippen molar-refractivity contribution in [3.8, 4) is 5.69 Å². The lowest BCUT2D eigenvalue weighted by molar-refractivity contribution is -0.384. The topological polar surface area (TPSA) is 94.1 Å². The summed E-state index contributed by atoms with van der Waals surface area (Å²) in [5.41, 5.74) is 1.79. The lowest BCUT2D eigenvalue weighted by Gasteiger charge is -2.10. The van der Waals surface area contributed by atoms with Crippen LogP contribution in [0.5, 0.6) is 0 Å². The second-order valence-corrected chi connectivity index (χ2v) is 4.42. The lowest BCUT2D eigenvalue weighted by Crippen LogP contribution is -2.06. The number of hydrogen-bond donors (Lipinski definition) is 1. The summed E-state index contributed by atoms with van der Waals surface area (Å²) in [6, 6.07) is 6.16. The molecule has 0 amide bonds. The van der Waals surface area contributed by atoms with Crippen LogP contribution in [-0.2, 0) is 6.61 Å². The summed E-state index contributed by atoms with van der Waals surface area (Å²) in [5.74, 6) is 0.0939. The Bertz CT molecular complexity index is 607. The molecule has 2 rings (SSSR count). The van der Waals surface area contributed by atoms with Gasteiger partial charge in [-0.2, -0.15) is 0 Å². The second-order valence-electron chi connectivity index (χ2n) is 4.42. The Morgan fingerprint density at radius 2 is 2.21 bits per heavy atom. The largest absolute Gasteiger partial charge is 0.390 e. The maximum Gasteiger partial charge on any atom is 0.271 e. The van der Waals surface area contributed by atoms with Gasteiger partial charge in [-0.3, -0.25) is 10.1 Å². The van der Waals surface area contributed by atoms with Gasteiger partial charge in [0, 0.05) is 12.1 Å². The number of nitro benzene ring substituents is 1. The van der Waals surface area contributed by atoms with E-state index in [1.165, 1.54) is 16.8 Å². The number of hydrogen-bond acceptors (Lipinski definition) is 5. The lowest BCUT2D eigenvalue weighted by atomic mass is 10.1. The van der Waals surface area contributed by atoms with E-state index >= 15 is 0 Å². The van der Waals surface area contributed by atoms with Crippen molar-refractivity contribution in [2.75, 3.05) is 0 Å². The highest BCUT2D eigenvalue weighted by Gasteiger charge is 2.18. The molecule has 0 saturated carbocycles. The zero-order valence-corrected chi connectivity index (χ0v) is 10.6. The molecule has 0 atom stereocenters. The summed E-state index contributed by atoms with van der Waals surface area (Å²) in [5, 5.41) is 27.9. The van der Waals surface area contributed by atoms with E-state index in [-0.39, 0.29) is 18.2 Å². The third-order valence-corrected chi connectivity index (χ3v) is 2.76. The number of non-ortho nitro benzene ring substituents is 1. The molecule has 0 unspecified atom stereocenters. The van der Waals surface area contributed by atoms with Crippen LogP contribution >= 0.6 is 0 Å². The predicted octanol–water partition coefficient (Wildman–Crippen LogP) is 1.79. The number of rotatable bonds is 4. The summed E-state index contributed by atoms with van der Waals surface area (Å²) in [6.07, 6.45) is 0. The van der Waals surface area contributed by atoms with E-state index in [1.54, 1.807) is 12.1 Å². The molecule has 1 heterocycles. The predicted molar refractivity (Wildman–Crippen MR) is 68.0 cm³/mol. The Morgan fingerprint density at radius 3 is 2.79 bits per heavy atom. The maximum atomic E-state index is 10.8. The molecule has 0 aliphatic carbocycles. The van der Waals surface area contributed by atoms with Gasteiger partial charge in [-0.25, -0.2) is 4.68 Å². The minimum Gasteiger partial charge on any atom is -0.390 e. The van der Waals surface area contributed by atoms with Crippen molar-refractivity contribution >= 4 is 5.69 Å². The molecule has 0 radical (unpaired) electrons. The highest BCUT2D eigenvalue weighted by atomic mass is 16.6. The number of nitro groups is 1. The zero-order valence-electron chi connectivity index (χ0n) is 10.6. The highest BCUT2D eigenvalue weighted by Crippen LogP contribution is 2.23. The van der Waals surface area contributed by atoms with Crippen molar-refractivity contribution in [3.05, 3.63) is 45.8 Å². The van der Waals surface area contributed by atoms with Gasteiger partial charge in [0.2, 0.25) is 0 Å². The van der Waals surface area contributed by atoms with E-state index in [0.717, 1.165) is 5.69 Å². The molecule has 1 aromatic carbocycles. The Morgan fingerprint density at radius 1 is 1.47 bits per heavy atom.